The van der Waals surface area contributed by atoms with E-state index >= 15 is 0 Å². The van der Waals surface area contributed by atoms with Gasteiger partial charge in [-0.3, -0.25) is 4.79 Å². The number of hydrogen-bond acceptors (Lipinski definition) is 5. The molecule has 5 nitrogen and oxygen atoms in total. The summed E-state index contributed by atoms with van der Waals surface area (Å²) >= 11 is 0. The number of nitrogens with one attached hydrogen (secondary N) is 2. The van der Waals surface area contributed by atoms with Crippen molar-refractivity contribution in [2.24, 2.45) is 5.92 Å². The van der Waals surface area contributed by atoms with Gasteiger partial charge in [0.05, 0.1) is 13.0 Å². The molecule has 0 spiro atoms. The highest BCUT2D eigenvalue weighted by Gasteiger charge is 2.42. The maximum absolute atomic E-state index is 12.1. The molecule has 0 bridgehead atoms. The van der Waals surface area contributed by atoms with Crippen molar-refractivity contribution in [3.8, 4) is 5.75 Å². The zero-order valence-corrected chi connectivity index (χ0v) is 10.8. The molecule has 3 unspecified atom stereocenters. The Balaban J connectivity index is 2.06. The minimum Gasteiger partial charge on any atom is -0.508 e. The predicted molar refractivity (Wildman–Crippen MR) is 71.3 cm³/mol. The lowest BCUT2D eigenvalue weighted by Crippen LogP contribution is -2.50. The molecule has 1 aromatic rings. The molecule has 0 amide bonds. The lowest BCUT2D eigenvalue weighted by Gasteiger charge is -2.42. The SMILES string of the molecule is COC(=O)C1c2cc(O)ccc2NC2CCNCC21. The maximum atomic E-state index is 12.1. The van der Waals surface area contributed by atoms with Gasteiger partial charge in [0.15, 0.2) is 0 Å². The van der Waals surface area contributed by atoms with Crippen molar-refractivity contribution in [3.63, 3.8) is 0 Å². The summed E-state index contributed by atoms with van der Waals surface area (Å²) in [6.07, 6.45) is 0.985. The molecule has 3 N–H and O–H groups in total. The second kappa shape index (κ2) is 4.74. The van der Waals surface area contributed by atoms with E-state index in [1.165, 1.54) is 7.11 Å². The largest absolute Gasteiger partial charge is 0.508 e. The summed E-state index contributed by atoms with van der Waals surface area (Å²) in [4.78, 5) is 12.1. The van der Waals surface area contributed by atoms with Gasteiger partial charge in [0.25, 0.3) is 0 Å². The highest BCUT2D eigenvalue weighted by molar-refractivity contribution is 5.83. The minimum absolute atomic E-state index is 0.162. The number of benzene rings is 1. The summed E-state index contributed by atoms with van der Waals surface area (Å²) in [5, 5.41) is 16.5. The first-order valence-electron chi connectivity index (χ1n) is 6.58. The molecule has 2 aliphatic rings. The van der Waals surface area contributed by atoms with Gasteiger partial charge in [-0.05, 0) is 36.7 Å². The van der Waals surface area contributed by atoms with Crippen LogP contribution >= 0.6 is 0 Å². The van der Waals surface area contributed by atoms with Crippen LogP contribution in [0.2, 0.25) is 0 Å². The molecule has 5 heteroatoms. The van der Waals surface area contributed by atoms with Crippen molar-refractivity contribution in [2.75, 3.05) is 25.5 Å². The summed E-state index contributed by atoms with van der Waals surface area (Å²) in [6, 6.07) is 5.41. The molecule has 3 atom stereocenters. The summed E-state index contributed by atoms with van der Waals surface area (Å²) in [6.45, 7) is 1.74. The Hall–Kier alpha value is -1.75. The van der Waals surface area contributed by atoms with Crippen LogP contribution in [0.1, 0.15) is 17.9 Å². The van der Waals surface area contributed by atoms with E-state index in [2.05, 4.69) is 10.6 Å². The molecule has 102 valence electrons. The highest BCUT2D eigenvalue weighted by Crippen LogP contribution is 2.42. The topological polar surface area (TPSA) is 70.6 Å². The number of phenols is 1. The van der Waals surface area contributed by atoms with Crippen molar-refractivity contribution in [1.29, 1.82) is 0 Å². The number of fused-ring (bicyclic) bond motifs is 2. The molecule has 1 aromatic carbocycles. The number of anilines is 1. The number of carbonyl (C=O) groups is 1. The van der Waals surface area contributed by atoms with Gasteiger partial charge in [-0.15, -0.1) is 0 Å². The number of carbonyl (C=O) groups excluding carboxylic acids is 1. The Morgan fingerprint density at radius 3 is 3.11 bits per heavy atom. The molecule has 1 fully saturated rings. The van der Waals surface area contributed by atoms with Gasteiger partial charge in [0.1, 0.15) is 5.75 Å². The van der Waals surface area contributed by atoms with Gasteiger partial charge in [-0.25, -0.2) is 0 Å². The average molecular weight is 262 g/mol. The Morgan fingerprint density at radius 2 is 2.32 bits per heavy atom. The highest BCUT2D eigenvalue weighted by atomic mass is 16.5. The molecule has 3 rings (SSSR count). The van der Waals surface area contributed by atoms with E-state index in [4.69, 9.17) is 4.74 Å². The minimum atomic E-state index is -0.314. The zero-order valence-electron chi connectivity index (χ0n) is 10.8. The van der Waals surface area contributed by atoms with Crippen LogP contribution in [-0.2, 0) is 9.53 Å². The third kappa shape index (κ3) is 2.04. The maximum Gasteiger partial charge on any atom is 0.313 e. The number of piperidine rings is 1. The van der Waals surface area contributed by atoms with Crippen LogP contribution in [-0.4, -0.2) is 37.3 Å². The number of esters is 1. The number of aromatic hydroxyl groups is 1. The van der Waals surface area contributed by atoms with Crippen LogP contribution in [0, 0.1) is 5.92 Å². The van der Waals surface area contributed by atoms with Gasteiger partial charge < -0.3 is 20.5 Å². The molecule has 19 heavy (non-hydrogen) atoms. The van der Waals surface area contributed by atoms with E-state index in [1.807, 2.05) is 6.07 Å². The molecule has 2 aliphatic heterocycles. The summed E-state index contributed by atoms with van der Waals surface area (Å²) in [5.74, 6) is -0.203. The summed E-state index contributed by atoms with van der Waals surface area (Å²) < 4.78 is 4.96. The van der Waals surface area contributed by atoms with Crippen LogP contribution in [0.3, 0.4) is 0 Å². The van der Waals surface area contributed by atoms with E-state index in [0.717, 1.165) is 30.8 Å². The van der Waals surface area contributed by atoms with Gasteiger partial charge in [0, 0.05) is 24.2 Å². The van der Waals surface area contributed by atoms with Crippen molar-refractivity contribution >= 4 is 11.7 Å². The molecule has 0 aliphatic carbocycles. The Morgan fingerprint density at radius 1 is 1.47 bits per heavy atom. The lowest BCUT2D eigenvalue weighted by atomic mass is 9.75. The van der Waals surface area contributed by atoms with Gasteiger partial charge in [-0.1, -0.05) is 0 Å². The first-order chi connectivity index (χ1) is 9.20. The lowest BCUT2D eigenvalue weighted by molar-refractivity contribution is -0.144. The second-order valence-electron chi connectivity index (χ2n) is 5.18. The number of hydrogen-bond donors (Lipinski definition) is 3. The first-order valence-corrected chi connectivity index (χ1v) is 6.58. The molecule has 1 saturated heterocycles. The fourth-order valence-corrected chi connectivity index (χ4v) is 3.21. The van der Waals surface area contributed by atoms with E-state index in [1.54, 1.807) is 12.1 Å². The van der Waals surface area contributed by atoms with Crippen molar-refractivity contribution in [1.82, 2.24) is 5.32 Å². The molecule has 0 aromatic heterocycles. The smallest absolute Gasteiger partial charge is 0.313 e. The normalized spacial score (nSPS) is 28.8. The average Bonchev–Trinajstić information content (AvgIpc) is 2.44. The zero-order chi connectivity index (χ0) is 13.4. The summed E-state index contributed by atoms with van der Waals surface area (Å²) in [5.41, 5.74) is 1.76. The van der Waals surface area contributed by atoms with Crippen LogP contribution in [0.15, 0.2) is 18.2 Å². The quantitative estimate of drug-likeness (QED) is 0.521. The first kappa shape index (κ1) is 12.3. The molecular weight excluding hydrogens is 244 g/mol. The monoisotopic (exact) mass is 262 g/mol. The molecule has 0 saturated carbocycles. The Bertz CT molecular complexity index is 503. The fourth-order valence-electron chi connectivity index (χ4n) is 3.21. The Labute approximate surface area is 112 Å². The Kier molecular flexibility index (Phi) is 3.06. The van der Waals surface area contributed by atoms with Gasteiger partial charge >= 0.3 is 5.97 Å². The van der Waals surface area contributed by atoms with Crippen LogP contribution < -0.4 is 10.6 Å². The molecule has 0 radical (unpaired) electrons. The second-order valence-corrected chi connectivity index (χ2v) is 5.18. The van der Waals surface area contributed by atoms with Crippen LogP contribution in [0.5, 0.6) is 5.75 Å². The van der Waals surface area contributed by atoms with E-state index in [9.17, 15) is 9.90 Å². The molecule has 2 heterocycles. The van der Waals surface area contributed by atoms with Gasteiger partial charge in [0.2, 0.25) is 0 Å². The third-order valence-corrected chi connectivity index (χ3v) is 4.12. The van der Waals surface area contributed by atoms with Gasteiger partial charge in [-0.2, -0.15) is 0 Å². The number of rotatable bonds is 1. The number of methoxy groups -OCH3 is 1. The van der Waals surface area contributed by atoms with Crippen LogP contribution in [0.25, 0.3) is 0 Å². The van der Waals surface area contributed by atoms with Crippen molar-refractivity contribution in [2.45, 2.75) is 18.4 Å². The standard InChI is InChI=1S/C14H18N2O3/c1-19-14(18)13-9-6-8(17)2-3-11(9)16-12-4-5-15-7-10(12)13/h2-3,6,10,12-13,15-17H,4-5,7H2,1H3. The third-order valence-electron chi connectivity index (χ3n) is 4.12. The van der Waals surface area contributed by atoms with Crippen molar-refractivity contribution < 1.29 is 14.6 Å². The number of ether oxygens (including phenoxy) is 1. The van der Waals surface area contributed by atoms with Crippen LogP contribution in [0.4, 0.5) is 5.69 Å². The summed E-state index contributed by atoms with van der Waals surface area (Å²) in [7, 11) is 1.41. The van der Waals surface area contributed by atoms with E-state index in [-0.39, 0.29) is 29.6 Å². The predicted octanol–water partition coefficient (Wildman–Crippen LogP) is 1.05. The fraction of sp³-hybridized carbons (Fsp3) is 0.500. The van der Waals surface area contributed by atoms with Crippen molar-refractivity contribution in [3.05, 3.63) is 23.8 Å². The van der Waals surface area contributed by atoms with E-state index in [0.29, 0.717) is 0 Å². The number of phenolic OH excluding ortho intramolecular Hbond substituents is 1. The molecular formula is C14H18N2O3. The van der Waals surface area contributed by atoms with E-state index < -0.39 is 0 Å².